The van der Waals surface area contributed by atoms with Crippen LogP contribution in [0.1, 0.15) is 35.9 Å². The molecule has 2 aliphatic rings. The highest BCUT2D eigenvalue weighted by Crippen LogP contribution is 2.32. The second-order valence-corrected chi connectivity index (χ2v) is 5.68. The predicted molar refractivity (Wildman–Crippen MR) is 71.9 cm³/mol. The number of rotatable bonds is 1. The molecule has 3 heterocycles. The van der Waals surface area contributed by atoms with Crippen molar-refractivity contribution in [2.75, 3.05) is 13.1 Å². The summed E-state index contributed by atoms with van der Waals surface area (Å²) < 4.78 is 5.86. The number of piperidine rings is 1. The summed E-state index contributed by atoms with van der Waals surface area (Å²) in [7, 11) is 0. The fraction of sp³-hybridized carbons (Fsp3) is 0.600. The molecule has 1 aromatic rings. The molecule has 1 aromatic heterocycles. The number of hydrogen-bond donors (Lipinski definition) is 0. The molecule has 19 heavy (non-hydrogen) atoms. The molecule has 0 radical (unpaired) electrons. The van der Waals surface area contributed by atoms with Gasteiger partial charge >= 0.3 is 0 Å². The molecule has 0 unspecified atom stereocenters. The molecule has 0 spiro atoms. The highest BCUT2D eigenvalue weighted by Gasteiger charge is 2.38. The van der Waals surface area contributed by atoms with E-state index in [2.05, 4.69) is 11.9 Å². The highest BCUT2D eigenvalue weighted by atomic mass is 16.5. The summed E-state index contributed by atoms with van der Waals surface area (Å²) in [6, 6.07) is 5.60. The van der Waals surface area contributed by atoms with Crippen molar-refractivity contribution in [3.63, 3.8) is 0 Å². The maximum Gasteiger partial charge on any atom is 0.272 e. The summed E-state index contributed by atoms with van der Waals surface area (Å²) in [4.78, 5) is 18.7. The monoisotopic (exact) mass is 260 g/mol. The van der Waals surface area contributed by atoms with Gasteiger partial charge in [0.2, 0.25) is 0 Å². The van der Waals surface area contributed by atoms with Crippen molar-refractivity contribution in [3.05, 3.63) is 29.6 Å². The van der Waals surface area contributed by atoms with Crippen LogP contribution in [0.4, 0.5) is 0 Å². The molecule has 0 N–H and O–H groups in total. The van der Waals surface area contributed by atoms with Crippen molar-refractivity contribution in [2.24, 2.45) is 5.92 Å². The van der Waals surface area contributed by atoms with Gasteiger partial charge in [-0.15, -0.1) is 0 Å². The predicted octanol–water partition coefficient (Wildman–Crippen LogP) is 2.03. The fourth-order valence-corrected chi connectivity index (χ4v) is 3.21. The van der Waals surface area contributed by atoms with E-state index in [0.29, 0.717) is 23.8 Å². The first-order valence-corrected chi connectivity index (χ1v) is 7.02. The lowest BCUT2D eigenvalue weighted by Crippen LogP contribution is -2.44. The number of fused-ring (bicyclic) bond motifs is 1. The van der Waals surface area contributed by atoms with Crippen LogP contribution in [0, 0.1) is 12.8 Å². The van der Waals surface area contributed by atoms with Gasteiger partial charge < -0.3 is 9.64 Å². The van der Waals surface area contributed by atoms with E-state index >= 15 is 0 Å². The van der Waals surface area contributed by atoms with E-state index in [1.54, 1.807) is 6.07 Å². The number of aryl methyl sites for hydroxylation is 1. The Bertz CT molecular complexity index is 489. The molecule has 3 atom stereocenters. The lowest BCUT2D eigenvalue weighted by atomic mass is 9.93. The van der Waals surface area contributed by atoms with Gasteiger partial charge in [-0.25, -0.2) is 4.98 Å². The van der Waals surface area contributed by atoms with Gasteiger partial charge in [-0.3, -0.25) is 4.79 Å². The number of ether oxygens (including phenoxy) is 1. The Balaban J connectivity index is 1.71. The average molecular weight is 260 g/mol. The Morgan fingerprint density at radius 2 is 2.32 bits per heavy atom. The van der Waals surface area contributed by atoms with Crippen molar-refractivity contribution in [1.29, 1.82) is 0 Å². The van der Waals surface area contributed by atoms with Gasteiger partial charge in [-0.2, -0.15) is 0 Å². The first-order chi connectivity index (χ1) is 9.13. The maximum absolute atomic E-state index is 12.4. The number of amides is 1. The van der Waals surface area contributed by atoms with Crippen LogP contribution in [0.25, 0.3) is 0 Å². The third-order valence-electron chi connectivity index (χ3n) is 4.10. The SMILES string of the molecule is Cc1cccc(C(=O)N2CC[C@@H]3O[C@@H](C)C[C@H]3C2)n1. The molecule has 4 heteroatoms. The summed E-state index contributed by atoms with van der Waals surface area (Å²) in [5, 5.41) is 0. The van der Waals surface area contributed by atoms with Gasteiger partial charge in [0, 0.05) is 24.7 Å². The molecule has 102 valence electrons. The Hall–Kier alpha value is -1.42. The lowest BCUT2D eigenvalue weighted by molar-refractivity contribution is 0.00849. The quantitative estimate of drug-likeness (QED) is 0.776. The summed E-state index contributed by atoms with van der Waals surface area (Å²) in [5.74, 6) is 0.555. The van der Waals surface area contributed by atoms with Crippen LogP contribution in [-0.4, -0.2) is 41.1 Å². The number of carbonyl (C=O) groups excluding carboxylic acids is 1. The Labute approximate surface area is 113 Å². The zero-order valence-electron chi connectivity index (χ0n) is 11.5. The molecule has 2 aliphatic heterocycles. The smallest absolute Gasteiger partial charge is 0.272 e. The second kappa shape index (κ2) is 4.93. The Morgan fingerprint density at radius 3 is 3.11 bits per heavy atom. The van der Waals surface area contributed by atoms with Crippen LogP contribution in [0.3, 0.4) is 0 Å². The molecule has 1 amide bonds. The standard InChI is InChI=1S/C15H20N2O2/c1-10-4-3-5-13(16-10)15(18)17-7-6-14-12(9-17)8-11(2)19-14/h3-5,11-12,14H,6-9H2,1-2H3/t11-,12-,14-/m0/s1. The minimum Gasteiger partial charge on any atom is -0.375 e. The second-order valence-electron chi connectivity index (χ2n) is 5.68. The van der Waals surface area contributed by atoms with E-state index in [0.717, 1.165) is 31.6 Å². The van der Waals surface area contributed by atoms with Crippen molar-refractivity contribution < 1.29 is 9.53 Å². The molecule has 2 saturated heterocycles. The van der Waals surface area contributed by atoms with Crippen molar-refractivity contribution in [1.82, 2.24) is 9.88 Å². The van der Waals surface area contributed by atoms with Crippen LogP contribution in [-0.2, 0) is 4.74 Å². The molecular formula is C15H20N2O2. The van der Waals surface area contributed by atoms with Gasteiger partial charge in [-0.05, 0) is 38.8 Å². The number of aromatic nitrogens is 1. The average Bonchev–Trinajstić information content (AvgIpc) is 2.76. The molecule has 0 aliphatic carbocycles. The van der Waals surface area contributed by atoms with Crippen molar-refractivity contribution in [3.8, 4) is 0 Å². The Morgan fingerprint density at radius 1 is 1.47 bits per heavy atom. The van der Waals surface area contributed by atoms with Crippen LogP contribution in [0.2, 0.25) is 0 Å². The third-order valence-corrected chi connectivity index (χ3v) is 4.10. The molecule has 0 bridgehead atoms. The van der Waals surface area contributed by atoms with E-state index in [-0.39, 0.29) is 5.91 Å². The van der Waals surface area contributed by atoms with Crippen molar-refractivity contribution in [2.45, 2.75) is 38.9 Å². The van der Waals surface area contributed by atoms with Gasteiger partial charge in [-0.1, -0.05) is 6.07 Å². The summed E-state index contributed by atoms with van der Waals surface area (Å²) in [6.45, 7) is 5.62. The lowest BCUT2D eigenvalue weighted by Gasteiger charge is -2.33. The van der Waals surface area contributed by atoms with Gasteiger partial charge in [0.1, 0.15) is 5.69 Å². The number of pyridine rings is 1. The largest absolute Gasteiger partial charge is 0.375 e. The number of carbonyl (C=O) groups is 1. The van der Waals surface area contributed by atoms with E-state index < -0.39 is 0 Å². The van der Waals surface area contributed by atoms with Crippen LogP contribution in [0.15, 0.2) is 18.2 Å². The van der Waals surface area contributed by atoms with Crippen LogP contribution >= 0.6 is 0 Å². The number of hydrogen-bond acceptors (Lipinski definition) is 3. The zero-order valence-corrected chi connectivity index (χ0v) is 11.5. The van der Waals surface area contributed by atoms with Gasteiger partial charge in [0.25, 0.3) is 5.91 Å². The molecule has 0 saturated carbocycles. The van der Waals surface area contributed by atoms with E-state index in [9.17, 15) is 4.79 Å². The summed E-state index contributed by atoms with van der Waals surface area (Å²) in [6.07, 6.45) is 2.70. The normalized spacial score (nSPS) is 30.2. The van der Waals surface area contributed by atoms with Crippen LogP contribution < -0.4 is 0 Å². The van der Waals surface area contributed by atoms with Gasteiger partial charge in [0.05, 0.1) is 12.2 Å². The topological polar surface area (TPSA) is 42.4 Å². The summed E-state index contributed by atoms with van der Waals surface area (Å²) in [5.41, 5.74) is 1.45. The minimum atomic E-state index is 0.0571. The highest BCUT2D eigenvalue weighted by molar-refractivity contribution is 5.92. The number of likely N-dealkylation sites (tertiary alicyclic amines) is 1. The molecule has 0 aromatic carbocycles. The molecule has 3 rings (SSSR count). The molecular weight excluding hydrogens is 240 g/mol. The van der Waals surface area contributed by atoms with E-state index in [1.807, 2.05) is 24.0 Å². The number of nitrogens with zero attached hydrogens (tertiary/aromatic N) is 2. The molecule has 4 nitrogen and oxygen atoms in total. The third kappa shape index (κ3) is 2.50. The fourth-order valence-electron chi connectivity index (χ4n) is 3.21. The summed E-state index contributed by atoms with van der Waals surface area (Å²) >= 11 is 0. The van der Waals surface area contributed by atoms with Crippen molar-refractivity contribution >= 4 is 5.91 Å². The van der Waals surface area contributed by atoms with E-state index in [1.165, 1.54) is 0 Å². The Kier molecular flexibility index (Phi) is 3.27. The van der Waals surface area contributed by atoms with Gasteiger partial charge in [0.15, 0.2) is 0 Å². The van der Waals surface area contributed by atoms with E-state index in [4.69, 9.17) is 4.74 Å². The maximum atomic E-state index is 12.4. The first kappa shape index (κ1) is 12.6. The minimum absolute atomic E-state index is 0.0571. The molecule has 2 fully saturated rings. The zero-order chi connectivity index (χ0) is 13.4. The van der Waals surface area contributed by atoms with Crippen LogP contribution in [0.5, 0.6) is 0 Å². The first-order valence-electron chi connectivity index (χ1n) is 7.02.